The number of hydrogen-bond donors (Lipinski definition) is 1. The molecule has 0 saturated carbocycles. The predicted molar refractivity (Wildman–Crippen MR) is 107 cm³/mol. The van der Waals surface area contributed by atoms with Crippen molar-refractivity contribution in [1.29, 1.82) is 0 Å². The molecule has 0 aliphatic rings. The molecule has 0 unspecified atom stereocenters. The number of nitrogens with one attached hydrogen (secondary N) is 1. The summed E-state index contributed by atoms with van der Waals surface area (Å²) in [5.41, 5.74) is 3.20. The van der Waals surface area contributed by atoms with E-state index in [4.69, 9.17) is 21.1 Å². The Hall–Kier alpha value is -2.79. The fraction of sp³-hybridized carbons (Fsp3) is 0.238. The molecule has 0 aromatic heterocycles. The first-order chi connectivity index (χ1) is 12.8. The van der Waals surface area contributed by atoms with Crippen molar-refractivity contribution in [3.05, 3.63) is 64.2 Å². The van der Waals surface area contributed by atoms with Gasteiger partial charge in [-0.3, -0.25) is 4.79 Å². The molecule has 1 N–H and O–H groups in total. The van der Waals surface area contributed by atoms with E-state index in [1.165, 1.54) is 20.1 Å². The monoisotopic (exact) mass is 387 g/mol. The van der Waals surface area contributed by atoms with Crippen molar-refractivity contribution in [3.8, 4) is 5.75 Å². The van der Waals surface area contributed by atoms with Crippen LogP contribution in [0.15, 0.2) is 42.5 Å². The van der Waals surface area contributed by atoms with Gasteiger partial charge in [-0.15, -0.1) is 0 Å². The number of carbonyl (C=O) groups is 2. The molecule has 0 radical (unpaired) electrons. The van der Waals surface area contributed by atoms with E-state index in [2.05, 4.69) is 5.32 Å². The lowest BCUT2D eigenvalue weighted by molar-refractivity contribution is -0.148. The van der Waals surface area contributed by atoms with Crippen molar-refractivity contribution in [1.82, 2.24) is 0 Å². The van der Waals surface area contributed by atoms with E-state index in [9.17, 15) is 9.59 Å². The minimum atomic E-state index is -0.972. The van der Waals surface area contributed by atoms with Crippen LogP contribution in [-0.4, -0.2) is 25.1 Å². The molecule has 0 saturated heterocycles. The number of ether oxygens (including phenoxy) is 2. The van der Waals surface area contributed by atoms with Crippen molar-refractivity contribution < 1.29 is 19.1 Å². The molecular formula is C21H22ClNO4. The zero-order chi connectivity index (χ0) is 20.0. The van der Waals surface area contributed by atoms with Gasteiger partial charge in [0.15, 0.2) is 6.10 Å². The topological polar surface area (TPSA) is 64.6 Å². The van der Waals surface area contributed by atoms with Crippen molar-refractivity contribution >= 4 is 35.2 Å². The van der Waals surface area contributed by atoms with Crippen molar-refractivity contribution in [2.45, 2.75) is 26.9 Å². The molecule has 27 heavy (non-hydrogen) atoms. The first kappa shape index (κ1) is 20.5. The van der Waals surface area contributed by atoms with E-state index in [0.717, 1.165) is 16.7 Å². The van der Waals surface area contributed by atoms with Crippen molar-refractivity contribution in [3.63, 3.8) is 0 Å². The summed E-state index contributed by atoms with van der Waals surface area (Å²) in [6.07, 6.45) is 1.99. The fourth-order valence-electron chi connectivity index (χ4n) is 2.36. The fourth-order valence-corrected chi connectivity index (χ4v) is 2.52. The maximum atomic E-state index is 12.3. The average Bonchev–Trinajstić information content (AvgIpc) is 2.63. The van der Waals surface area contributed by atoms with Crippen LogP contribution in [0.25, 0.3) is 6.08 Å². The number of esters is 1. The lowest BCUT2D eigenvalue weighted by Crippen LogP contribution is -2.29. The Bertz CT molecular complexity index is 876. The molecular weight excluding hydrogens is 366 g/mol. The highest BCUT2D eigenvalue weighted by molar-refractivity contribution is 6.31. The van der Waals surface area contributed by atoms with Gasteiger partial charge in [0.1, 0.15) is 5.75 Å². The second-order valence-corrected chi connectivity index (χ2v) is 6.47. The van der Waals surface area contributed by atoms with E-state index in [1.54, 1.807) is 18.2 Å². The zero-order valence-electron chi connectivity index (χ0n) is 15.7. The molecule has 0 fully saturated rings. The standard InChI is InChI=1S/C21H22ClNO4/c1-13-7-5-6-8-16(13)9-10-20(24)27-15(3)21(25)23-18-11-14(2)17(22)12-19(18)26-4/h5-12,15H,1-4H3,(H,23,25)/b10-9+/t15-/m1/s1. The SMILES string of the molecule is COc1cc(Cl)c(C)cc1NC(=O)[C@@H](C)OC(=O)/C=C/c1ccccc1C. The summed E-state index contributed by atoms with van der Waals surface area (Å²) < 4.78 is 10.4. The van der Waals surface area contributed by atoms with E-state index in [1.807, 2.05) is 38.1 Å². The molecule has 0 aliphatic heterocycles. The third-order valence-corrected chi connectivity index (χ3v) is 4.40. The Balaban J connectivity index is 2.00. The van der Waals surface area contributed by atoms with Gasteiger partial charge in [-0.2, -0.15) is 0 Å². The quantitative estimate of drug-likeness (QED) is 0.583. The third kappa shape index (κ3) is 5.59. The molecule has 1 amide bonds. The van der Waals surface area contributed by atoms with Crippen molar-refractivity contribution in [2.24, 2.45) is 0 Å². The largest absolute Gasteiger partial charge is 0.495 e. The summed E-state index contributed by atoms with van der Waals surface area (Å²) in [5.74, 6) is -0.634. The van der Waals surface area contributed by atoms with Gasteiger partial charge in [-0.1, -0.05) is 35.9 Å². The van der Waals surface area contributed by atoms with Crippen LogP contribution >= 0.6 is 11.6 Å². The Kier molecular flexibility index (Phi) is 7.02. The maximum absolute atomic E-state index is 12.3. The number of hydrogen-bond acceptors (Lipinski definition) is 4. The molecule has 1 atom stereocenters. The molecule has 6 heteroatoms. The molecule has 5 nitrogen and oxygen atoms in total. The summed E-state index contributed by atoms with van der Waals surface area (Å²) in [6, 6.07) is 11.0. The summed E-state index contributed by atoms with van der Waals surface area (Å²) >= 11 is 6.06. The number of methoxy groups -OCH3 is 1. The van der Waals surface area contributed by atoms with Gasteiger partial charge in [-0.25, -0.2) is 4.79 Å². The zero-order valence-corrected chi connectivity index (χ0v) is 16.5. The van der Waals surface area contributed by atoms with Gasteiger partial charge in [0.25, 0.3) is 5.91 Å². The maximum Gasteiger partial charge on any atom is 0.331 e. The van der Waals surface area contributed by atoms with E-state index >= 15 is 0 Å². The highest BCUT2D eigenvalue weighted by atomic mass is 35.5. The number of aryl methyl sites for hydroxylation is 2. The van der Waals surface area contributed by atoms with E-state index in [0.29, 0.717) is 16.5 Å². The first-order valence-electron chi connectivity index (χ1n) is 8.41. The van der Waals surface area contributed by atoms with E-state index in [-0.39, 0.29) is 0 Å². The Morgan fingerprint density at radius 3 is 2.52 bits per heavy atom. The summed E-state index contributed by atoms with van der Waals surface area (Å²) in [4.78, 5) is 24.3. The number of carbonyl (C=O) groups excluding carboxylic acids is 2. The van der Waals surface area contributed by atoms with Gasteiger partial charge in [0.05, 0.1) is 12.8 Å². The number of rotatable bonds is 6. The number of benzene rings is 2. The van der Waals surface area contributed by atoms with Gasteiger partial charge >= 0.3 is 5.97 Å². The number of halogens is 1. The molecule has 0 aliphatic carbocycles. The van der Waals surface area contributed by atoms with Gasteiger partial charge in [0.2, 0.25) is 0 Å². The van der Waals surface area contributed by atoms with E-state index < -0.39 is 18.0 Å². The third-order valence-electron chi connectivity index (χ3n) is 3.99. The second kappa shape index (κ2) is 9.24. The summed E-state index contributed by atoms with van der Waals surface area (Å²) in [6.45, 7) is 5.27. The molecule has 2 rings (SSSR count). The minimum Gasteiger partial charge on any atom is -0.495 e. The van der Waals surface area contributed by atoms with Crippen LogP contribution in [0.4, 0.5) is 5.69 Å². The first-order valence-corrected chi connectivity index (χ1v) is 8.79. The smallest absolute Gasteiger partial charge is 0.331 e. The van der Waals surface area contributed by atoms with Crippen LogP contribution < -0.4 is 10.1 Å². The number of amides is 1. The van der Waals surface area contributed by atoms with Gasteiger partial charge < -0.3 is 14.8 Å². The molecule has 0 bridgehead atoms. The molecule has 0 heterocycles. The Morgan fingerprint density at radius 2 is 1.85 bits per heavy atom. The number of anilines is 1. The van der Waals surface area contributed by atoms with Crippen LogP contribution in [0, 0.1) is 13.8 Å². The lowest BCUT2D eigenvalue weighted by Gasteiger charge is -2.15. The van der Waals surface area contributed by atoms with Crippen molar-refractivity contribution in [2.75, 3.05) is 12.4 Å². The molecule has 2 aromatic carbocycles. The van der Waals surface area contributed by atoms with Crippen LogP contribution in [0.2, 0.25) is 5.02 Å². The van der Waals surface area contributed by atoms with Gasteiger partial charge in [0, 0.05) is 17.2 Å². The normalized spacial score (nSPS) is 11.9. The highest BCUT2D eigenvalue weighted by Gasteiger charge is 2.19. The average molecular weight is 388 g/mol. The molecule has 0 spiro atoms. The van der Waals surface area contributed by atoms with Crippen LogP contribution in [0.1, 0.15) is 23.6 Å². The molecule has 142 valence electrons. The van der Waals surface area contributed by atoms with Crippen LogP contribution in [-0.2, 0) is 14.3 Å². The molecule has 2 aromatic rings. The Labute approximate surface area is 163 Å². The predicted octanol–water partition coefficient (Wildman–Crippen LogP) is 4.55. The van der Waals surface area contributed by atoms with Crippen LogP contribution in [0.3, 0.4) is 0 Å². The Morgan fingerprint density at radius 1 is 1.15 bits per heavy atom. The lowest BCUT2D eigenvalue weighted by atomic mass is 10.1. The second-order valence-electron chi connectivity index (χ2n) is 6.06. The van der Waals surface area contributed by atoms with Gasteiger partial charge in [-0.05, 0) is 49.6 Å². The summed E-state index contributed by atoms with van der Waals surface area (Å²) in [7, 11) is 1.48. The highest BCUT2D eigenvalue weighted by Crippen LogP contribution is 2.31. The van der Waals surface area contributed by atoms with Crippen LogP contribution in [0.5, 0.6) is 5.75 Å². The summed E-state index contributed by atoms with van der Waals surface area (Å²) in [5, 5.41) is 3.23. The minimum absolute atomic E-state index is 0.428.